The third-order valence-electron chi connectivity index (χ3n) is 3.84. The average molecular weight is 320 g/mol. The van der Waals surface area contributed by atoms with Crippen LogP contribution in [0.3, 0.4) is 0 Å². The summed E-state index contributed by atoms with van der Waals surface area (Å²) in [5.74, 6) is -2.50. The smallest absolute Gasteiger partial charge is 0.338 e. The molecule has 1 aliphatic rings. The molecular weight excluding hydrogens is 306 g/mol. The number of halogens is 2. The Morgan fingerprint density at radius 3 is 2.48 bits per heavy atom. The average Bonchev–Trinajstić information content (AvgIpc) is 2.53. The van der Waals surface area contributed by atoms with Crippen molar-refractivity contribution in [2.75, 3.05) is 11.7 Å². The van der Waals surface area contributed by atoms with Crippen molar-refractivity contribution in [3.63, 3.8) is 0 Å². The molecule has 0 bridgehead atoms. The fourth-order valence-electron chi connectivity index (χ4n) is 2.63. The van der Waals surface area contributed by atoms with Crippen molar-refractivity contribution in [2.45, 2.75) is 13.0 Å². The summed E-state index contributed by atoms with van der Waals surface area (Å²) in [5.41, 5.74) is 1.35. The number of fused-ring (bicyclic) bond motifs is 1. The fourth-order valence-corrected chi connectivity index (χ4v) is 2.63. The maximum Gasteiger partial charge on any atom is 0.338 e. The Labute approximate surface area is 130 Å². The van der Waals surface area contributed by atoms with E-state index in [2.05, 4.69) is 0 Å². The second-order valence-electron chi connectivity index (χ2n) is 5.31. The van der Waals surface area contributed by atoms with Crippen LogP contribution in [-0.2, 0) is 13.0 Å². The third-order valence-corrected chi connectivity index (χ3v) is 3.84. The van der Waals surface area contributed by atoms with Crippen molar-refractivity contribution >= 4 is 11.7 Å². The van der Waals surface area contributed by atoms with Crippen LogP contribution in [0.1, 0.15) is 21.5 Å². The van der Waals surface area contributed by atoms with Crippen molar-refractivity contribution in [2.24, 2.45) is 0 Å². The molecule has 2 aromatic carbocycles. The molecule has 1 aliphatic heterocycles. The molecule has 0 saturated carbocycles. The van der Waals surface area contributed by atoms with Gasteiger partial charge in [-0.15, -0.1) is 0 Å². The molecule has 0 aromatic heterocycles. The molecule has 23 heavy (non-hydrogen) atoms. The predicted molar refractivity (Wildman–Crippen MR) is 78.1 cm³/mol. The van der Waals surface area contributed by atoms with Crippen LogP contribution in [-0.4, -0.2) is 27.8 Å². The summed E-state index contributed by atoms with van der Waals surface area (Å²) >= 11 is 0. The zero-order valence-electron chi connectivity index (χ0n) is 12.0. The Bertz CT molecular complexity index is 750. The molecule has 0 fully saturated rings. The van der Waals surface area contributed by atoms with Crippen LogP contribution in [0.5, 0.6) is 0 Å². The normalized spacial score (nSPS) is 14.4. The number of hydrogen-bond acceptors (Lipinski definition) is 4. The summed E-state index contributed by atoms with van der Waals surface area (Å²) in [6, 6.07) is 7.84. The molecular formula is C16H14F2N2O3. The number of hydrazine groups is 1. The number of aromatic carboxylic acids is 1. The van der Waals surface area contributed by atoms with E-state index in [1.165, 1.54) is 36.4 Å². The number of carbonyl (C=O) groups is 1. The third kappa shape index (κ3) is 3.01. The van der Waals surface area contributed by atoms with Gasteiger partial charge in [-0.05, 0) is 53.9 Å². The van der Waals surface area contributed by atoms with Crippen LogP contribution >= 0.6 is 0 Å². The van der Waals surface area contributed by atoms with Gasteiger partial charge in [0.15, 0.2) is 0 Å². The molecule has 0 spiro atoms. The minimum absolute atomic E-state index is 0.226. The van der Waals surface area contributed by atoms with Gasteiger partial charge in [0, 0.05) is 13.1 Å². The van der Waals surface area contributed by atoms with Crippen molar-refractivity contribution in [1.82, 2.24) is 5.01 Å². The first-order valence-corrected chi connectivity index (χ1v) is 6.99. The van der Waals surface area contributed by atoms with E-state index < -0.39 is 23.2 Å². The maximum absolute atomic E-state index is 13.7. The number of hydrogen-bond donors (Lipinski definition) is 2. The molecule has 0 radical (unpaired) electrons. The van der Waals surface area contributed by atoms with E-state index >= 15 is 0 Å². The fraction of sp³-hybridized carbons (Fsp3) is 0.188. The molecule has 0 atom stereocenters. The van der Waals surface area contributed by atoms with Crippen molar-refractivity contribution in [3.8, 4) is 0 Å². The van der Waals surface area contributed by atoms with E-state index in [-0.39, 0.29) is 6.54 Å². The van der Waals surface area contributed by atoms with E-state index in [9.17, 15) is 18.8 Å². The Hall–Kier alpha value is -2.51. The highest BCUT2D eigenvalue weighted by Crippen LogP contribution is 2.25. The minimum atomic E-state index is -1.33. The number of carboxylic acids is 1. The lowest BCUT2D eigenvalue weighted by Gasteiger charge is -2.35. The highest BCUT2D eigenvalue weighted by molar-refractivity contribution is 5.88. The van der Waals surface area contributed by atoms with Crippen molar-refractivity contribution < 1.29 is 23.9 Å². The molecule has 0 unspecified atom stereocenters. The first-order valence-electron chi connectivity index (χ1n) is 6.99. The van der Waals surface area contributed by atoms with Crippen LogP contribution in [0.4, 0.5) is 14.5 Å². The van der Waals surface area contributed by atoms with E-state index in [0.29, 0.717) is 24.2 Å². The lowest BCUT2D eigenvalue weighted by Crippen LogP contribution is -2.43. The Kier molecular flexibility index (Phi) is 3.97. The number of rotatable bonds is 3. The van der Waals surface area contributed by atoms with Crippen molar-refractivity contribution in [1.29, 1.82) is 0 Å². The van der Waals surface area contributed by atoms with Gasteiger partial charge in [-0.3, -0.25) is 5.21 Å². The largest absolute Gasteiger partial charge is 0.478 e. The Morgan fingerprint density at radius 2 is 1.83 bits per heavy atom. The van der Waals surface area contributed by atoms with E-state index in [4.69, 9.17) is 5.11 Å². The summed E-state index contributed by atoms with van der Waals surface area (Å²) in [6.45, 7) is 0.649. The summed E-state index contributed by atoms with van der Waals surface area (Å²) in [6.07, 6.45) is 0.463. The maximum atomic E-state index is 13.7. The molecule has 7 heteroatoms. The van der Waals surface area contributed by atoms with Gasteiger partial charge in [-0.25, -0.2) is 13.6 Å². The molecule has 2 N–H and O–H groups in total. The molecule has 5 nitrogen and oxygen atoms in total. The van der Waals surface area contributed by atoms with Crippen LogP contribution in [0.2, 0.25) is 0 Å². The first-order chi connectivity index (χ1) is 11.0. The number of anilines is 1. The van der Waals surface area contributed by atoms with Crippen LogP contribution in [0.25, 0.3) is 0 Å². The van der Waals surface area contributed by atoms with Gasteiger partial charge >= 0.3 is 5.97 Å². The zero-order chi connectivity index (χ0) is 16.6. The summed E-state index contributed by atoms with van der Waals surface area (Å²) in [7, 11) is 0. The highest BCUT2D eigenvalue weighted by Gasteiger charge is 2.24. The number of benzene rings is 2. The van der Waals surface area contributed by atoms with Gasteiger partial charge in [-0.2, -0.15) is 10.2 Å². The summed E-state index contributed by atoms with van der Waals surface area (Å²) in [4.78, 5) is 11.0. The van der Waals surface area contributed by atoms with Gasteiger partial charge in [0.1, 0.15) is 11.6 Å². The Balaban J connectivity index is 1.85. The molecule has 2 aromatic rings. The summed E-state index contributed by atoms with van der Waals surface area (Å²) < 4.78 is 26.6. The van der Waals surface area contributed by atoms with E-state index in [1.807, 2.05) is 0 Å². The molecule has 0 amide bonds. The molecule has 0 saturated heterocycles. The molecule has 0 aliphatic carbocycles. The van der Waals surface area contributed by atoms with Gasteiger partial charge < -0.3 is 5.11 Å². The van der Waals surface area contributed by atoms with Crippen molar-refractivity contribution in [3.05, 3.63) is 64.7 Å². The second kappa shape index (κ2) is 5.94. The number of carboxylic acid groups (broad SMARTS) is 1. The molecule has 3 rings (SSSR count). The lowest BCUT2D eigenvalue weighted by molar-refractivity contribution is 0.0545. The standard InChI is InChI=1S/C16H14F2N2O3/c17-12-1-3-13(4-2-12)20(23)19-6-5-10-8-15(18)14(16(21)22)7-11(10)9-19/h1-4,7-8,23H,5-6,9H2,(H,21,22). The molecule has 120 valence electrons. The zero-order valence-corrected chi connectivity index (χ0v) is 12.0. The minimum Gasteiger partial charge on any atom is -0.478 e. The van der Waals surface area contributed by atoms with E-state index in [0.717, 1.165) is 10.7 Å². The first kappa shape index (κ1) is 15.4. The lowest BCUT2D eigenvalue weighted by atomic mass is 9.97. The molecule has 1 heterocycles. The van der Waals surface area contributed by atoms with Gasteiger partial charge in [0.05, 0.1) is 11.3 Å². The van der Waals surface area contributed by atoms with E-state index in [1.54, 1.807) is 5.01 Å². The SMILES string of the molecule is O=C(O)c1cc2c(cc1F)CCN(N(O)c1ccc(F)cc1)C2. The quantitative estimate of drug-likeness (QED) is 0.852. The second-order valence-corrected chi connectivity index (χ2v) is 5.31. The topological polar surface area (TPSA) is 64.0 Å². The highest BCUT2D eigenvalue weighted by atomic mass is 19.1. The van der Waals surface area contributed by atoms with Gasteiger partial charge in [0.25, 0.3) is 0 Å². The van der Waals surface area contributed by atoms with Gasteiger partial charge in [-0.1, -0.05) is 0 Å². The summed E-state index contributed by atoms with van der Waals surface area (Å²) in [5, 5.41) is 21.7. The van der Waals surface area contributed by atoms with Crippen LogP contribution in [0, 0.1) is 11.6 Å². The predicted octanol–water partition coefficient (Wildman–Crippen LogP) is 2.83. The van der Waals surface area contributed by atoms with Gasteiger partial charge in [0.2, 0.25) is 0 Å². The van der Waals surface area contributed by atoms with Crippen LogP contribution < -0.4 is 5.17 Å². The van der Waals surface area contributed by atoms with Crippen LogP contribution in [0.15, 0.2) is 36.4 Å². The Morgan fingerprint density at radius 1 is 1.13 bits per heavy atom. The monoisotopic (exact) mass is 320 g/mol. The number of nitrogens with zero attached hydrogens (tertiary/aromatic N) is 2.